The molecule has 5 N–H and O–H groups in total. The van der Waals surface area contributed by atoms with Crippen molar-refractivity contribution in [1.29, 1.82) is 0 Å². The molecule has 0 unspecified atom stereocenters. The van der Waals surface area contributed by atoms with Gasteiger partial charge in [-0.05, 0) is 45.4 Å². The molecule has 3 aliphatic rings. The van der Waals surface area contributed by atoms with E-state index in [-0.39, 0.29) is 18.6 Å². The lowest BCUT2D eigenvalue weighted by Crippen LogP contribution is -2.61. The molecule has 0 bridgehead atoms. The molecule has 2 aliphatic heterocycles. The van der Waals surface area contributed by atoms with E-state index in [1.165, 1.54) is 4.90 Å². The number of carboxylic acids is 1. The molecule has 0 aromatic carbocycles. The summed E-state index contributed by atoms with van der Waals surface area (Å²) in [6, 6.07) is -2.77. The van der Waals surface area contributed by atoms with Crippen molar-refractivity contribution < 1.29 is 53.8 Å². The van der Waals surface area contributed by atoms with Crippen LogP contribution < -0.4 is 5.32 Å². The topological polar surface area (TPSA) is 192 Å². The number of aliphatic hydroxyl groups is 3. The summed E-state index contributed by atoms with van der Waals surface area (Å²) in [6.07, 6.45) is -4.71. The maximum Gasteiger partial charge on any atom is 0.335 e. The zero-order valence-corrected chi connectivity index (χ0v) is 22.0. The molecule has 13 nitrogen and oxygen atoms in total. The lowest BCUT2D eigenvalue weighted by Gasteiger charge is -2.39. The van der Waals surface area contributed by atoms with Gasteiger partial charge in [0.25, 0.3) is 0 Å². The molecular formula is C25H40N2O11. The van der Waals surface area contributed by atoms with Crippen molar-refractivity contribution in [2.45, 2.75) is 121 Å². The summed E-state index contributed by atoms with van der Waals surface area (Å²) in [6.45, 7) is 5.43. The Labute approximate surface area is 221 Å². The zero-order valence-electron chi connectivity index (χ0n) is 22.0. The summed E-state index contributed by atoms with van der Waals surface area (Å²) < 4.78 is 15.5. The van der Waals surface area contributed by atoms with Crippen LogP contribution in [0, 0.1) is 5.92 Å². The third kappa shape index (κ3) is 6.45. The fraction of sp³-hybridized carbons (Fsp3) is 0.840. The Balaban J connectivity index is 1.78. The molecule has 1 aliphatic carbocycles. The van der Waals surface area contributed by atoms with E-state index in [0.717, 1.165) is 19.3 Å². The first-order chi connectivity index (χ1) is 18.0. The number of nitrogens with zero attached hydrogens (tertiary/aromatic N) is 1. The number of carboxylic acid groups (broad SMARTS) is 1. The van der Waals surface area contributed by atoms with Crippen molar-refractivity contribution in [3.8, 4) is 0 Å². The number of aliphatic hydroxyl groups excluding tert-OH is 3. The van der Waals surface area contributed by atoms with Gasteiger partial charge in [0.2, 0.25) is 12.2 Å². The predicted octanol–water partition coefficient (Wildman–Crippen LogP) is -0.709. The smallest absolute Gasteiger partial charge is 0.335 e. The number of nitrogens with one attached hydrogen (secondary N) is 1. The van der Waals surface area contributed by atoms with Gasteiger partial charge in [0.15, 0.2) is 6.10 Å². The van der Waals surface area contributed by atoms with Gasteiger partial charge in [-0.1, -0.05) is 26.2 Å². The zero-order chi connectivity index (χ0) is 28.1. The van der Waals surface area contributed by atoms with E-state index >= 15 is 0 Å². The highest BCUT2D eigenvalue weighted by molar-refractivity contribution is 5.89. The van der Waals surface area contributed by atoms with Crippen LogP contribution in [0.1, 0.15) is 65.7 Å². The van der Waals surface area contributed by atoms with Crippen LogP contribution in [0.2, 0.25) is 0 Å². The van der Waals surface area contributed by atoms with Crippen LogP contribution in [0.4, 0.5) is 0 Å². The highest BCUT2D eigenvalue weighted by atomic mass is 16.7. The lowest BCUT2D eigenvalue weighted by molar-refractivity contribution is -0.287. The third-order valence-electron chi connectivity index (χ3n) is 7.63. The number of esters is 2. The van der Waals surface area contributed by atoms with Crippen LogP contribution in [0.25, 0.3) is 0 Å². The first kappa shape index (κ1) is 30.2. The van der Waals surface area contributed by atoms with Gasteiger partial charge < -0.3 is 39.5 Å². The largest absolute Gasteiger partial charge is 0.479 e. The number of carbonyl (C=O) groups excluding carboxylic acids is 3. The van der Waals surface area contributed by atoms with Crippen molar-refractivity contribution >= 4 is 23.8 Å². The fourth-order valence-corrected chi connectivity index (χ4v) is 5.73. The first-order valence-corrected chi connectivity index (χ1v) is 13.4. The molecule has 0 radical (unpaired) electrons. The second-order valence-electron chi connectivity index (χ2n) is 10.3. The van der Waals surface area contributed by atoms with Gasteiger partial charge in [0, 0.05) is 6.04 Å². The lowest BCUT2D eigenvalue weighted by atomic mass is 9.84. The Morgan fingerprint density at radius 3 is 2.37 bits per heavy atom. The number of hydrogen-bond acceptors (Lipinski definition) is 11. The van der Waals surface area contributed by atoms with Crippen LogP contribution in [0.15, 0.2) is 0 Å². The standard InChI is InChI=1S/C25H40N2O11/c1-4-8-14(23(34)36-5-2)26-12(3)21(31)27-15-10-7-6-9-13(15)11-16(27)24(35)38-25-19(30)17(28)18(29)20(37-25)22(32)33/h12-20,25-26,28-30H,4-11H2,1-3H3,(H,32,33)/t12-,13-,14-,15-,16-,17-,18-,19+,20-,25+/m0/s1. The molecular weight excluding hydrogens is 504 g/mol. The molecule has 13 heteroatoms. The summed E-state index contributed by atoms with van der Waals surface area (Å²) in [5.74, 6) is -3.32. The number of aliphatic carboxylic acids is 1. The molecule has 10 atom stereocenters. The van der Waals surface area contributed by atoms with Gasteiger partial charge >= 0.3 is 17.9 Å². The number of amides is 1. The minimum Gasteiger partial charge on any atom is -0.479 e. The molecule has 3 fully saturated rings. The average molecular weight is 545 g/mol. The SMILES string of the molecule is CCC[C@H](N[C@@H](C)C(=O)N1[C@H](C(=O)O[C@H]2O[C@H](C(=O)O)[C@@H](O)[C@H](O)[C@H]2O)C[C@@H]2CCCC[C@@H]21)C(=O)OCC. The monoisotopic (exact) mass is 544 g/mol. The number of fused-ring (bicyclic) bond motifs is 1. The summed E-state index contributed by atoms with van der Waals surface area (Å²) in [5, 5.41) is 42.5. The Morgan fingerprint density at radius 2 is 1.74 bits per heavy atom. The molecule has 1 amide bonds. The summed E-state index contributed by atoms with van der Waals surface area (Å²) in [7, 11) is 0. The van der Waals surface area contributed by atoms with Gasteiger partial charge in [0.05, 0.1) is 12.6 Å². The highest BCUT2D eigenvalue weighted by Gasteiger charge is 2.52. The first-order valence-electron chi connectivity index (χ1n) is 13.4. The van der Waals surface area contributed by atoms with Gasteiger partial charge in [-0.15, -0.1) is 0 Å². The summed E-state index contributed by atoms with van der Waals surface area (Å²) in [5.41, 5.74) is 0. The number of ether oxygens (including phenoxy) is 3. The third-order valence-corrected chi connectivity index (χ3v) is 7.63. The van der Waals surface area contributed by atoms with Gasteiger partial charge in [-0.25, -0.2) is 9.59 Å². The maximum atomic E-state index is 13.7. The maximum absolute atomic E-state index is 13.7. The molecule has 2 saturated heterocycles. The Kier molecular flexibility index (Phi) is 10.5. The van der Waals surface area contributed by atoms with Gasteiger partial charge in [-0.3, -0.25) is 14.9 Å². The average Bonchev–Trinajstić information content (AvgIpc) is 3.27. The fourth-order valence-electron chi connectivity index (χ4n) is 5.73. The van der Waals surface area contributed by atoms with E-state index in [4.69, 9.17) is 14.2 Å². The predicted molar refractivity (Wildman–Crippen MR) is 129 cm³/mol. The molecule has 0 aromatic rings. The van der Waals surface area contributed by atoms with Crippen LogP contribution in [-0.4, -0.2) is 111 Å². The van der Waals surface area contributed by atoms with Gasteiger partial charge in [0.1, 0.15) is 30.4 Å². The number of hydrogen-bond donors (Lipinski definition) is 5. The van der Waals surface area contributed by atoms with Crippen LogP contribution in [0.5, 0.6) is 0 Å². The van der Waals surface area contributed by atoms with Crippen molar-refractivity contribution in [3.63, 3.8) is 0 Å². The molecule has 1 saturated carbocycles. The molecule has 2 heterocycles. The number of carbonyl (C=O) groups is 4. The number of rotatable bonds is 10. The van der Waals surface area contributed by atoms with E-state index in [2.05, 4.69) is 5.32 Å². The van der Waals surface area contributed by atoms with Crippen LogP contribution in [-0.2, 0) is 33.4 Å². The summed E-state index contributed by atoms with van der Waals surface area (Å²) >= 11 is 0. The quantitative estimate of drug-likeness (QED) is 0.217. The normalized spacial score (nSPS) is 34.6. The van der Waals surface area contributed by atoms with E-state index in [1.807, 2.05) is 6.92 Å². The van der Waals surface area contributed by atoms with Crippen LogP contribution in [0.3, 0.4) is 0 Å². The highest BCUT2D eigenvalue weighted by Crippen LogP contribution is 2.41. The number of likely N-dealkylation sites (tertiary alicyclic amines) is 1. The van der Waals surface area contributed by atoms with E-state index in [9.17, 15) is 39.6 Å². The van der Waals surface area contributed by atoms with E-state index in [1.54, 1.807) is 13.8 Å². The van der Waals surface area contributed by atoms with E-state index < -0.39 is 72.6 Å². The summed E-state index contributed by atoms with van der Waals surface area (Å²) in [4.78, 5) is 52.3. The van der Waals surface area contributed by atoms with Crippen molar-refractivity contribution in [1.82, 2.24) is 10.2 Å². The van der Waals surface area contributed by atoms with Crippen molar-refractivity contribution in [2.75, 3.05) is 6.61 Å². The minimum absolute atomic E-state index is 0.0466. The Hall–Kier alpha value is -2.32. The molecule has 3 rings (SSSR count). The minimum atomic E-state index is -1.92. The molecule has 216 valence electrons. The van der Waals surface area contributed by atoms with Crippen LogP contribution >= 0.6 is 0 Å². The second kappa shape index (κ2) is 13.2. The molecule has 0 aromatic heterocycles. The van der Waals surface area contributed by atoms with Crippen molar-refractivity contribution in [3.05, 3.63) is 0 Å². The van der Waals surface area contributed by atoms with Gasteiger partial charge in [-0.2, -0.15) is 0 Å². The van der Waals surface area contributed by atoms with E-state index in [0.29, 0.717) is 25.7 Å². The Morgan fingerprint density at radius 1 is 1.05 bits per heavy atom. The molecule has 38 heavy (non-hydrogen) atoms. The Bertz CT molecular complexity index is 870. The van der Waals surface area contributed by atoms with Crippen molar-refractivity contribution in [2.24, 2.45) is 5.92 Å². The second-order valence-corrected chi connectivity index (χ2v) is 10.3. The molecule has 0 spiro atoms.